The van der Waals surface area contributed by atoms with Crippen LogP contribution in [0, 0.1) is 0 Å². The highest BCUT2D eigenvalue weighted by molar-refractivity contribution is 5.79. The van der Waals surface area contributed by atoms with Crippen LogP contribution < -0.4 is 0 Å². The zero-order chi connectivity index (χ0) is 10.8. The quantitative estimate of drug-likeness (QED) is 0.745. The molecule has 15 heavy (non-hydrogen) atoms. The number of carbonyl (C=O) groups excluding carboxylic acids is 1. The van der Waals surface area contributed by atoms with Crippen LogP contribution in [0.4, 0.5) is 0 Å². The van der Waals surface area contributed by atoms with Crippen molar-refractivity contribution >= 4 is 5.78 Å². The van der Waals surface area contributed by atoms with Crippen molar-refractivity contribution < 1.29 is 9.53 Å². The Bertz CT molecular complexity index is 357. The number of rotatable bonds is 2. The first-order chi connectivity index (χ1) is 7.16. The van der Waals surface area contributed by atoms with Gasteiger partial charge in [0, 0.05) is 25.1 Å². The summed E-state index contributed by atoms with van der Waals surface area (Å²) in [5, 5.41) is 0. The Morgan fingerprint density at radius 1 is 1.60 bits per heavy atom. The van der Waals surface area contributed by atoms with E-state index in [1.54, 1.807) is 6.33 Å². The van der Waals surface area contributed by atoms with Gasteiger partial charge in [0.25, 0.3) is 0 Å². The minimum Gasteiger partial charge on any atom is -0.371 e. The number of Topliss-reactive ketones (excluding diaryl/α,β-unsaturated/α-hetero) is 1. The van der Waals surface area contributed by atoms with Crippen LogP contribution in [0.5, 0.6) is 0 Å². The minimum absolute atomic E-state index is 0.133. The van der Waals surface area contributed by atoms with Gasteiger partial charge in [0.05, 0.1) is 18.6 Å². The molecule has 4 heteroatoms. The van der Waals surface area contributed by atoms with Gasteiger partial charge in [-0.15, -0.1) is 0 Å². The lowest BCUT2D eigenvalue weighted by Crippen LogP contribution is -2.19. The van der Waals surface area contributed by atoms with Gasteiger partial charge < -0.3 is 9.30 Å². The lowest BCUT2D eigenvalue weighted by Gasteiger charge is -2.19. The number of ether oxygens (including phenoxy) is 1. The molecule has 1 atom stereocenters. The molecule has 0 N–H and O–H groups in total. The van der Waals surface area contributed by atoms with Crippen molar-refractivity contribution in [3.63, 3.8) is 0 Å². The second kappa shape index (κ2) is 4.14. The third kappa shape index (κ3) is 2.26. The Hall–Kier alpha value is -1.16. The summed E-state index contributed by atoms with van der Waals surface area (Å²) in [5.41, 5.74) is 0.872. The molecular weight excluding hydrogens is 192 g/mol. The summed E-state index contributed by atoms with van der Waals surface area (Å²) in [6.45, 7) is 4.72. The Labute approximate surface area is 89.3 Å². The minimum atomic E-state index is -0.133. The number of hydrogen-bond donors (Lipinski definition) is 0. The van der Waals surface area contributed by atoms with Crippen LogP contribution in [0.15, 0.2) is 12.5 Å². The Morgan fingerprint density at radius 3 is 3.00 bits per heavy atom. The lowest BCUT2D eigenvalue weighted by atomic mass is 10.1. The lowest BCUT2D eigenvalue weighted by molar-refractivity contribution is -0.128. The average molecular weight is 208 g/mol. The average Bonchev–Trinajstić information content (AvgIpc) is 2.66. The van der Waals surface area contributed by atoms with E-state index in [0.717, 1.165) is 5.69 Å². The predicted molar refractivity (Wildman–Crippen MR) is 55.5 cm³/mol. The number of aromatic nitrogens is 2. The molecule has 1 aromatic heterocycles. The van der Waals surface area contributed by atoms with Crippen molar-refractivity contribution in [2.75, 3.05) is 6.61 Å². The topological polar surface area (TPSA) is 44.1 Å². The van der Waals surface area contributed by atoms with Crippen LogP contribution in [0.3, 0.4) is 0 Å². The van der Waals surface area contributed by atoms with Crippen molar-refractivity contribution in [3.05, 3.63) is 18.2 Å². The molecule has 4 nitrogen and oxygen atoms in total. The van der Waals surface area contributed by atoms with Crippen LogP contribution in [-0.2, 0) is 9.53 Å². The summed E-state index contributed by atoms with van der Waals surface area (Å²) < 4.78 is 7.56. The fourth-order valence-corrected chi connectivity index (χ4v) is 1.67. The fraction of sp³-hybridized carbons (Fsp3) is 0.636. The van der Waals surface area contributed by atoms with E-state index in [2.05, 4.69) is 18.8 Å². The van der Waals surface area contributed by atoms with Gasteiger partial charge >= 0.3 is 0 Å². The van der Waals surface area contributed by atoms with Crippen molar-refractivity contribution in [3.8, 4) is 0 Å². The van der Waals surface area contributed by atoms with E-state index in [4.69, 9.17) is 4.74 Å². The monoisotopic (exact) mass is 208 g/mol. The van der Waals surface area contributed by atoms with Gasteiger partial charge in [-0.1, -0.05) is 0 Å². The Kier molecular flexibility index (Phi) is 2.86. The van der Waals surface area contributed by atoms with Gasteiger partial charge in [-0.3, -0.25) is 4.79 Å². The number of nitrogens with zero attached hydrogens (tertiary/aromatic N) is 2. The molecule has 0 aromatic carbocycles. The highest BCUT2D eigenvalue weighted by Gasteiger charge is 2.23. The molecule has 2 heterocycles. The van der Waals surface area contributed by atoms with Crippen LogP contribution in [0.2, 0.25) is 0 Å². The van der Waals surface area contributed by atoms with Crippen molar-refractivity contribution in [2.45, 2.75) is 38.8 Å². The fourth-order valence-electron chi connectivity index (χ4n) is 1.67. The van der Waals surface area contributed by atoms with Crippen LogP contribution in [0.25, 0.3) is 0 Å². The number of imidazole rings is 1. The maximum Gasteiger partial charge on any atom is 0.138 e. The van der Waals surface area contributed by atoms with Crippen LogP contribution in [0.1, 0.15) is 44.5 Å². The molecule has 82 valence electrons. The zero-order valence-corrected chi connectivity index (χ0v) is 9.14. The molecule has 0 radical (unpaired) electrons. The third-order valence-corrected chi connectivity index (χ3v) is 2.66. The molecule has 0 spiro atoms. The summed E-state index contributed by atoms with van der Waals surface area (Å²) in [5.74, 6) is 0.269. The third-order valence-electron chi connectivity index (χ3n) is 2.66. The van der Waals surface area contributed by atoms with E-state index in [-0.39, 0.29) is 11.9 Å². The highest BCUT2D eigenvalue weighted by Crippen LogP contribution is 2.25. The normalized spacial score (nSPS) is 22.3. The number of ketones is 1. The molecule has 1 saturated heterocycles. The number of hydrogen-bond acceptors (Lipinski definition) is 3. The first-order valence-corrected chi connectivity index (χ1v) is 5.33. The van der Waals surface area contributed by atoms with E-state index in [1.807, 2.05) is 10.8 Å². The van der Waals surface area contributed by atoms with Crippen molar-refractivity contribution in [1.29, 1.82) is 0 Å². The first-order valence-electron chi connectivity index (χ1n) is 5.33. The summed E-state index contributed by atoms with van der Waals surface area (Å²) in [6, 6.07) is 0.394. The highest BCUT2D eigenvalue weighted by atomic mass is 16.5. The maximum atomic E-state index is 11.3. The number of carbonyl (C=O) groups is 1. The van der Waals surface area contributed by atoms with Crippen LogP contribution >= 0.6 is 0 Å². The van der Waals surface area contributed by atoms with E-state index in [9.17, 15) is 4.79 Å². The summed E-state index contributed by atoms with van der Waals surface area (Å²) in [6.07, 6.45) is 4.64. The van der Waals surface area contributed by atoms with Gasteiger partial charge in [0.1, 0.15) is 11.9 Å². The molecule has 1 aliphatic heterocycles. The van der Waals surface area contributed by atoms with Gasteiger partial charge in [0.15, 0.2) is 0 Å². The largest absolute Gasteiger partial charge is 0.371 e. The molecule has 0 bridgehead atoms. The summed E-state index contributed by atoms with van der Waals surface area (Å²) in [4.78, 5) is 15.6. The zero-order valence-electron chi connectivity index (χ0n) is 9.14. The molecule has 0 aliphatic carbocycles. The first kappa shape index (κ1) is 10.4. The van der Waals surface area contributed by atoms with Crippen LogP contribution in [-0.4, -0.2) is 21.9 Å². The van der Waals surface area contributed by atoms with E-state index >= 15 is 0 Å². The van der Waals surface area contributed by atoms with Gasteiger partial charge in [-0.25, -0.2) is 4.98 Å². The predicted octanol–water partition coefficient (Wildman–Crippen LogP) is 1.88. The van der Waals surface area contributed by atoms with Crippen molar-refractivity contribution in [2.24, 2.45) is 0 Å². The standard InChI is InChI=1S/C11H16N2O2/c1-8(2)13-6-10(12-7-13)11-5-9(14)3-4-15-11/h6-8,11H,3-5H2,1-2H3. The summed E-state index contributed by atoms with van der Waals surface area (Å²) in [7, 11) is 0. The molecule has 1 unspecified atom stereocenters. The molecule has 1 fully saturated rings. The Balaban J connectivity index is 2.11. The maximum absolute atomic E-state index is 11.3. The molecule has 0 amide bonds. The van der Waals surface area contributed by atoms with E-state index in [1.165, 1.54) is 0 Å². The SMILES string of the molecule is CC(C)n1cnc(C2CC(=O)CCO2)c1. The van der Waals surface area contributed by atoms with E-state index < -0.39 is 0 Å². The van der Waals surface area contributed by atoms with Gasteiger partial charge in [-0.05, 0) is 13.8 Å². The second-order valence-corrected chi connectivity index (χ2v) is 4.19. The van der Waals surface area contributed by atoms with E-state index in [0.29, 0.717) is 25.5 Å². The molecule has 2 rings (SSSR count). The van der Waals surface area contributed by atoms with Gasteiger partial charge in [0.2, 0.25) is 0 Å². The molecule has 1 aliphatic rings. The van der Waals surface area contributed by atoms with Crippen molar-refractivity contribution in [1.82, 2.24) is 9.55 Å². The molecule has 0 saturated carbocycles. The Morgan fingerprint density at radius 2 is 2.40 bits per heavy atom. The second-order valence-electron chi connectivity index (χ2n) is 4.19. The van der Waals surface area contributed by atoms with Gasteiger partial charge in [-0.2, -0.15) is 0 Å². The molecular formula is C11H16N2O2. The molecule has 1 aromatic rings. The smallest absolute Gasteiger partial charge is 0.138 e. The summed E-state index contributed by atoms with van der Waals surface area (Å²) >= 11 is 0.